The second kappa shape index (κ2) is 13.0. The lowest BCUT2D eigenvalue weighted by Gasteiger charge is -2.37. The Labute approximate surface area is 242 Å². The van der Waals surface area contributed by atoms with Gasteiger partial charge in [0.2, 0.25) is 0 Å². The molecule has 246 valence electrons. The molecule has 1 aliphatic rings. The molecule has 1 saturated heterocycles. The molecule has 2 aromatic rings. The van der Waals surface area contributed by atoms with E-state index in [4.69, 9.17) is 14.2 Å². The Hall–Kier alpha value is -3.21. The van der Waals surface area contributed by atoms with Crippen LogP contribution in [0.1, 0.15) is 48.4 Å². The van der Waals surface area contributed by atoms with E-state index in [0.29, 0.717) is 30.9 Å². The van der Waals surface area contributed by atoms with Gasteiger partial charge in [-0.15, -0.1) is 0 Å². The molecule has 5 nitrogen and oxygen atoms in total. The van der Waals surface area contributed by atoms with Gasteiger partial charge in [-0.2, -0.15) is 52.7 Å². The molecule has 0 aromatic heterocycles. The maximum atomic E-state index is 13.9. The van der Waals surface area contributed by atoms with Crippen molar-refractivity contribution in [2.75, 3.05) is 13.2 Å². The van der Waals surface area contributed by atoms with Crippen LogP contribution in [0.2, 0.25) is 0 Å². The zero-order chi connectivity index (χ0) is 33.1. The van der Waals surface area contributed by atoms with Gasteiger partial charge in [0.15, 0.2) is 6.29 Å². The Morgan fingerprint density at radius 2 is 1.32 bits per heavy atom. The molecule has 3 rings (SSSR count). The van der Waals surface area contributed by atoms with E-state index in [2.05, 4.69) is 11.7 Å². The summed E-state index contributed by atoms with van der Waals surface area (Å²) in [6.45, 7) is 3.07. The van der Waals surface area contributed by atoms with Gasteiger partial charge in [0.05, 0.1) is 18.8 Å². The first kappa shape index (κ1) is 35.3. The minimum Gasteiger partial charge on any atom is -0.454 e. The zero-order valence-corrected chi connectivity index (χ0v) is 22.5. The molecule has 0 saturated carbocycles. The highest BCUT2D eigenvalue weighted by Gasteiger charge is 2.88. The molecule has 0 bridgehead atoms. The van der Waals surface area contributed by atoms with Crippen LogP contribution in [-0.2, 0) is 9.47 Å². The van der Waals surface area contributed by atoms with E-state index in [0.717, 1.165) is 31.4 Å². The van der Waals surface area contributed by atoms with Crippen LogP contribution < -0.4 is 9.47 Å². The molecule has 0 spiro atoms. The molecule has 2 aromatic carbocycles. The minimum absolute atomic E-state index is 0.0213. The standard InChI is InChI=1S/C27H24F12O5/c1-2-3-4-15-13-41-21(42-14-15)17-7-5-16(6-8-17)20(40)43-18-9-11-19(12-10-18)44-22(28)23(29,30)24(31,32)25(33,34)26(35,36)27(37,38)39/h5-12,15,21-22H,2-4,13-14H2,1H3. The molecule has 0 N–H and O–H groups in total. The minimum atomic E-state index is -7.78. The fourth-order valence-electron chi connectivity index (χ4n) is 3.84. The number of alkyl halides is 12. The third-order valence-electron chi connectivity index (χ3n) is 6.47. The lowest BCUT2D eigenvalue weighted by molar-refractivity contribution is -0.432. The normalized spacial score (nSPS) is 19.4. The van der Waals surface area contributed by atoms with Gasteiger partial charge in [0.1, 0.15) is 11.5 Å². The van der Waals surface area contributed by atoms with Gasteiger partial charge in [-0.25, -0.2) is 4.79 Å². The summed E-state index contributed by atoms with van der Waals surface area (Å²) < 4.78 is 178. The average molecular weight is 656 g/mol. The predicted octanol–water partition coefficient (Wildman–Crippen LogP) is 8.54. The van der Waals surface area contributed by atoms with E-state index >= 15 is 0 Å². The smallest absolute Gasteiger partial charge is 0.454 e. The Balaban J connectivity index is 1.61. The van der Waals surface area contributed by atoms with Crippen molar-refractivity contribution in [1.29, 1.82) is 0 Å². The van der Waals surface area contributed by atoms with Crippen molar-refractivity contribution in [2.24, 2.45) is 5.92 Å². The van der Waals surface area contributed by atoms with Gasteiger partial charge in [0, 0.05) is 11.5 Å². The fourth-order valence-corrected chi connectivity index (χ4v) is 3.84. The molecule has 1 fully saturated rings. The van der Waals surface area contributed by atoms with Crippen molar-refractivity contribution in [2.45, 2.75) is 68.7 Å². The van der Waals surface area contributed by atoms with Crippen LogP contribution in [0.5, 0.6) is 11.5 Å². The number of unbranched alkanes of at least 4 members (excludes halogenated alkanes) is 1. The van der Waals surface area contributed by atoms with Crippen LogP contribution in [-0.4, -0.2) is 55.4 Å². The summed E-state index contributed by atoms with van der Waals surface area (Å²) in [4.78, 5) is 12.4. The lowest BCUT2D eigenvalue weighted by atomic mass is 9.98. The van der Waals surface area contributed by atoms with Crippen LogP contribution in [0.4, 0.5) is 52.7 Å². The largest absolute Gasteiger partial charge is 0.460 e. The Morgan fingerprint density at radius 1 is 0.795 bits per heavy atom. The number of hydrogen-bond acceptors (Lipinski definition) is 5. The van der Waals surface area contributed by atoms with E-state index in [1.165, 1.54) is 24.3 Å². The molecule has 1 aliphatic heterocycles. The summed E-state index contributed by atoms with van der Waals surface area (Å²) in [5.41, 5.74) is 0.632. The van der Waals surface area contributed by atoms with Crippen molar-refractivity contribution >= 4 is 5.97 Å². The second-order valence-electron chi connectivity index (χ2n) is 9.77. The van der Waals surface area contributed by atoms with E-state index < -0.39 is 54.2 Å². The van der Waals surface area contributed by atoms with Gasteiger partial charge < -0.3 is 18.9 Å². The number of rotatable bonds is 12. The Bertz CT molecular complexity index is 1240. The summed E-state index contributed by atoms with van der Waals surface area (Å²) in [6.07, 6.45) is -9.81. The monoisotopic (exact) mass is 656 g/mol. The average Bonchev–Trinajstić information content (AvgIpc) is 2.96. The van der Waals surface area contributed by atoms with Gasteiger partial charge >= 0.3 is 42.2 Å². The molecule has 1 heterocycles. The Kier molecular flexibility index (Phi) is 10.4. The third-order valence-corrected chi connectivity index (χ3v) is 6.47. The zero-order valence-electron chi connectivity index (χ0n) is 22.5. The van der Waals surface area contributed by atoms with Crippen LogP contribution in [0.3, 0.4) is 0 Å². The van der Waals surface area contributed by atoms with E-state index in [1.807, 2.05) is 0 Å². The van der Waals surface area contributed by atoms with Crippen LogP contribution in [0.15, 0.2) is 48.5 Å². The van der Waals surface area contributed by atoms with E-state index in [1.54, 1.807) is 0 Å². The SMILES string of the molecule is CCCCC1COC(c2ccc(C(=O)Oc3ccc(OC(F)C(F)(F)C(F)(F)C(F)(F)C(F)(F)C(F)(F)F)cc3)cc2)OC1. The fraction of sp³-hybridized carbons (Fsp3) is 0.519. The van der Waals surface area contributed by atoms with Crippen molar-refractivity contribution in [3.63, 3.8) is 0 Å². The third kappa shape index (κ3) is 7.03. The molecule has 1 atom stereocenters. The summed E-state index contributed by atoms with van der Waals surface area (Å²) in [7, 11) is 0. The van der Waals surface area contributed by atoms with Crippen LogP contribution in [0, 0.1) is 5.92 Å². The molecule has 1 unspecified atom stereocenters. The molecule has 0 aliphatic carbocycles. The molecular weight excluding hydrogens is 632 g/mol. The first-order chi connectivity index (χ1) is 20.3. The summed E-state index contributed by atoms with van der Waals surface area (Å²) in [6, 6.07) is 8.45. The number of carbonyl (C=O) groups excluding carboxylic acids is 1. The summed E-state index contributed by atoms with van der Waals surface area (Å²) in [5.74, 6) is -32.0. The number of benzene rings is 2. The molecular formula is C27H24F12O5. The highest BCUT2D eigenvalue weighted by atomic mass is 19.4. The Morgan fingerprint density at radius 3 is 1.82 bits per heavy atom. The maximum absolute atomic E-state index is 13.9. The van der Waals surface area contributed by atoms with Crippen LogP contribution in [0.25, 0.3) is 0 Å². The number of hydrogen-bond donors (Lipinski definition) is 0. The highest BCUT2D eigenvalue weighted by molar-refractivity contribution is 5.91. The van der Waals surface area contributed by atoms with Crippen molar-refractivity contribution in [3.8, 4) is 11.5 Å². The predicted molar refractivity (Wildman–Crippen MR) is 127 cm³/mol. The first-order valence-electron chi connectivity index (χ1n) is 12.8. The topological polar surface area (TPSA) is 54.0 Å². The quantitative estimate of drug-likeness (QED) is 0.130. The van der Waals surface area contributed by atoms with Crippen molar-refractivity contribution < 1.29 is 76.4 Å². The maximum Gasteiger partial charge on any atom is 0.460 e. The van der Waals surface area contributed by atoms with Crippen molar-refractivity contribution in [3.05, 3.63) is 59.7 Å². The molecule has 0 amide bonds. The number of carbonyl (C=O) groups is 1. The number of halogens is 12. The second-order valence-corrected chi connectivity index (χ2v) is 9.77. The van der Waals surface area contributed by atoms with Gasteiger partial charge in [-0.3, -0.25) is 0 Å². The number of esters is 1. The van der Waals surface area contributed by atoms with E-state index in [9.17, 15) is 57.5 Å². The van der Waals surface area contributed by atoms with Gasteiger partial charge in [-0.1, -0.05) is 31.9 Å². The summed E-state index contributed by atoms with van der Waals surface area (Å²) >= 11 is 0. The molecule has 44 heavy (non-hydrogen) atoms. The first-order valence-corrected chi connectivity index (χ1v) is 12.8. The van der Waals surface area contributed by atoms with E-state index in [-0.39, 0.29) is 17.2 Å². The highest BCUT2D eigenvalue weighted by Crippen LogP contribution is 2.58. The van der Waals surface area contributed by atoms with Gasteiger partial charge in [0.25, 0.3) is 0 Å². The number of ether oxygens (including phenoxy) is 4. The molecule has 0 radical (unpaired) electrons. The molecule has 17 heteroatoms. The lowest BCUT2D eigenvalue weighted by Crippen LogP contribution is -2.68. The van der Waals surface area contributed by atoms with Gasteiger partial charge in [-0.05, 0) is 42.8 Å². The van der Waals surface area contributed by atoms with Crippen molar-refractivity contribution in [1.82, 2.24) is 0 Å². The summed E-state index contributed by atoms with van der Waals surface area (Å²) in [5, 5.41) is 0. The van der Waals surface area contributed by atoms with Crippen LogP contribution >= 0.6 is 0 Å².